The molecule has 0 bridgehead atoms. The van der Waals surface area contributed by atoms with Gasteiger partial charge in [0.15, 0.2) is 0 Å². The lowest BCUT2D eigenvalue weighted by Gasteiger charge is -1.95. The standard InChI is InChI=1S/C6H12O2.C3H5N/c1-2-3-7-4-6-5-8-6;1-2-3-4/h6H,2-5H2,1H3;2H2,1H3. The first kappa shape index (κ1) is 11.4. The van der Waals surface area contributed by atoms with Gasteiger partial charge in [0, 0.05) is 13.0 Å². The fourth-order valence-electron chi connectivity index (χ4n) is 0.523. The molecule has 1 heterocycles. The molecule has 0 radical (unpaired) electrons. The minimum absolute atomic E-state index is 0.432. The molecule has 0 spiro atoms. The molecule has 1 rings (SSSR count). The van der Waals surface area contributed by atoms with E-state index in [-0.39, 0.29) is 0 Å². The van der Waals surface area contributed by atoms with Gasteiger partial charge < -0.3 is 9.47 Å². The zero-order valence-electron chi connectivity index (χ0n) is 7.88. The Bertz CT molecular complexity index is 127. The highest BCUT2D eigenvalue weighted by atomic mass is 16.6. The molecule has 1 unspecified atom stereocenters. The van der Waals surface area contributed by atoms with Crippen LogP contribution in [0.5, 0.6) is 0 Å². The highest BCUT2D eigenvalue weighted by molar-refractivity contribution is 4.66. The normalized spacial score (nSPS) is 18.9. The Morgan fingerprint density at radius 1 is 1.58 bits per heavy atom. The van der Waals surface area contributed by atoms with E-state index in [1.54, 1.807) is 0 Å². The van der Waals surface area contributed by atoms with Gasteiger partial charge in [0.25, 0.3) is 0 Å². The molecule has 1 fully saturated rings. The summed E-state index contributed by atoms with van der Waals surface area (Å²) in [5, 5.41) is 7.62. The van der Waals surface area contributed by atoms with Crippen LogP contribution in [-0.2, 0) is 9.47 Å². The topological polar surface area (TPSA) is 45.5 Å². The van der Waals surface area contributed by atoms with Crippen molar-refractivity contribution in [3.8, 4) is 6.07 Å². The third-order valence-electron chi connectivity index (χ3n) is 1.21. The van der Waals surface area contributed by atoms with E-state index in [0.717, 1.165) is 26.2 Å². The number of hydrogen-bond acceptors (Lipinski definition) is 3. The second-order valence-electron chi connectivity index (χ2n) is 2.54. The Balaban J connectivity index is 0.000000261. The smallest absolute Gasteiger partial charge is 0.104 e. The SMILES string of the molecule is CCC#N.CCCOCC1CO1. The van der Waals surface area contributed by atoms with Gasteiger partial charge in [0.05, 0.1) is 19.3 Å². The van der Waals surface area contributed by atoms with Gasteiger partial charge in [-0.2, -0.15) is 5.26 Å². The summed E-state index contributed by atoms with van der Waals surface area (Å²) in [4.78, 5) is 0. The Morgan fingerprint density at radius 3 is 2.50 bits per heavy atom. The van der Waals surface area contributed by atoms with Crippen molar-refractivity contribution in [2.75, 3.05) is 19.8 Å². The van der Waals surface area contributed by atoms with E-state index in [4.69, 9.17) is 14.7 Å². The Morgan fingerprint density at radius 2 is 2.17 bits per heavy atom. The molecular formula is C9H17NO2. The summed E-state index contributed by atoms with van der Waals surface area (Å²) in [6, 6.07) is 1.93. The minimum atomic E-state index is 0.432. The maximum Gasteiger partial charge on any atom is 0.104 e. The van der Waals surface area contributed by atoms with Crippen LogP contribution in [0.3, 0.4) is 0 Å². The first-order chi connectivity index (χ1) is 5.85. The quantitative estimate of drug-likeness (QED) is 0.478. The van der Waals surface area contributed by atoms with Gasteiger partial charge in [-0.3, -0.25) is 0 Å². The van der Waals surface area contributed by atoms with Crippen LogP contribution in [0.15, 0.2) is 0 Å². The zero-order valence-corrected chi connectivity index (χ0v) is 7.88. The molecule has 0 aliphatic carbocycles. The Kier molecular flexibility index (Phi) is 8.09. The van der Waals surface area contributed by atoms with Crippen molar-refractivity contribution in [2.45, 2.75) is 32.8 Å². The van der Waals surface area contributed by atoms with Gasteiger partial charge in [-0.1, -0.05) is 13.8 Å². The molecule has 1 aliphatic heterocycles. The monoisotopic (exact) mass is 171 g/mol. The van der Waals surface area contributed by atoms with Gasteiger partial charge in [-0.25, -0.2) is 0 Å². The van der Waals surface area contributed by atoms with Crippen molar-refractivity contribution in [2.24, 2.45) is 0 Å². The van der Waals surface area contributed by atoms with Gasteiger partial charge >= 0.3 is 0 Å². The van der Waals surface area contributed by atoms with Crippen molar-refractivity contribution in [3.63, 3.8) is 0 Å². The van der Waals surface area contributed by atoms with E-state index in [2.05, 4.69) is 6.92 Å². The summed E-state index contributed by atoms with van der Waals surface area (Å²) >= 11 is 0. The molecule has 0 aromatic carbocycles. The summed E-state index contributed by atoms with van der Waals surface area (Å²) < 4.78 is 10.1. The first-order valence-corrected chi connectivity index (χ1v) is 4.41. The van der Waals surface area contributed by atoms with Crippen molar-refractivity contribution in [1.29, 1.82) is 5.26 Å². The van der Waals surface area contributed by atoms with Gasteiger partial charge in [0.2, 0.25) is 0 Å². The Labute approximate surface area is 74.3 Å². The lowest BCUT2D eigenvalue weighted by molar-refractivity contribution is 0.117. The summed E-state index contributed by atoms with van der Waals surface area (Å²) in [5.74, 6) is 0. The molecule has 12 heavy (non-hydrogen) atoms. The summed E-state index contributed by atoms with van der Waals surface area (Å²) in [6.45, 7) is 6.51. The number of epoxide rings is 1. The van der Waals surface area contributed by atoms with Crippen LogP contribution in [-0.4, -0.2) is 25.9 Å². The lowest BCUT2D eigenvalue weighted by Crippen LogP contribution is -2.01. The van der Waals surface area contributed by atoms with Crippen LogP contribution >= 0.6 is 0 Å². The van der Waals surface area contributed by atoms with Gasteiger partial charge in [0.1, 0.15) is 6.10 Å². The highest BCUT2D eigenvalue weighted by Gasteiger charge is 2.21. The predicted molar refractivity (Wildman–Crippen MR) is 46.8 cm³/mol. The van der Waals surface area contributed by atoms with E-state index >= 15 is 0 Å². The fraction of sp³-hybridized carbons (Fsp3) is 0.889. The molecule has 0 aromatic heterocycles. The molecule has 1 aliphatic rings. The van der Waals surface area contributed by atoms with Gasteiger partial charge in [-0.05, 0) is 6.42 Å². The van der Waals surface area contributed by atoms with Crippen LogP contribution in [0.4, 0.5) is 0 Å². The fourth-order valence-corrected chi connectivity index (χ4v) is 0.523. The van der Waals surface area contributed by atoms with Crippen LogP contribution in [0.2, 0.25) is 0 Å². The molecule has 0 N–H and O–H groups in total. The number of hydrogen-bond donors (Lipinski definition) is 0. The summed E-state index contributed by atoms with van der Waals surface area (Å²) in [7, 11) is 0. The lowest BCUT2D eigenvalue weighted by atomic mass is 10.5. The highest BCUT2D eigenvalue weighted by Crippen LogP contribution is 2.08. The molecule has 70 valence electrons. The molecule has 0 amide bonds. The van der Waals surface area contributed by atoms with Crippen molar-refractivity contribution >= 4 is 0 Å². The number of ether oxygens (including phenoxy) is 2. The summed E-state index contributed by atoms with van der Waals surface area (Å²) in [6.07, 6.45) is 2.16. The first-order valence-electron chi connectivity index (χ1n) is 4.41. The second-order valence-corrected chi connectivity index (χ2v) is 2.54. The average Bonchev–Trinajstić information content (AvgIpc) is 2.89. The minimum Gasteiger partial charge on any atom is -0.379 e. The predicted octanol–water partition coefficient (Wildman–Crippen LogP) is 1.73. The van der Waals surface area contributed by atoms with Crippen LogP contribution < -0.4 is 0 Å². The number of nitriles is 1. The van der Waals surface area contributed by atoms with E-state index in [1.807, 2.05) is 13.0 Å². The molecular weight excluding hydrogens is 154 g/mol. The molecule has 1 saturated heterocycles. The van der Waals surface area contributed by atoms with Crippen LogP contribution in [0, 0.1) is 11.3 Å². The molecule has 0 saturated carbocycles. The third kappa shape index (κ3) is 9.41. The summed E-state index contributed by atoms with van der Waals surface area (Å²) in [5.41, 5.74) is 0. The molecule has 3 heteroatoms. The third-order valence-corrected chi connectivity index (χ3v) is 1.21. The van der Waals surface area contributed by atoms with Crippen molar-refractivity contribution < 1.29 is 9.47 Å². The largest absolute Gasteiger partial charge is 0.379 e. The van der Waals surface area contributed by atoms with E-state index in [0.29, 0.717) is 12.5 Å². The zero-order chi connectivity index (χ0) is 9.23. The Hall–Kier alpha value is -0.590. The molecule has 3 nitrogen and oxygen atoms in total. The van der Waals surface area contributed by atoms with Crippen molar-refractivity contribution in [3.05, 3.63) is 0 Å². The average molecular weight is 171 g/mol. The molecule has 0 aromatic rings. The van der Waals surface area contributed by atoms with E-state index < -0.39 is 0 Å². The second kappa shape index (κ2) is 8.51. The van der Waals surface area contributed by atoms with Crippen molar-refractivity contribution in [1.82, 2.24) is 0 Å². The van der Waals surface area contributed by atoms with E-state index in [9.17, 15) is 0 Å². The van der Waals surface area contributed by atoms with Crippen LogP contribution in [0.25, 0.3) is 0 Å². The number of rotatable bonds is 4. The van der Waals surface area contributed by atoms with Gasteiger partial charge in [-0.15, -0.1) is 0 Å². The maximum atomic E-state index is 7.62. The van der Waals surface area contributed by atoms with Crippen LogP contribution in [0.1, 0.15) is 26.7 Å². The molecule has 1 atom stereocenters. The number of nitrogens with zero attached hydrogens (tertiary/aromatic N) is 1. The van der Waals surface area contributed by atoms with E-state index in [1.165, 1.54) is 0 Å². The maximum absolute atomic E-state index is 7.62.